The highest BCUT2D eigenvalue weighted by atomic mass is 16.5. The summed E-state index contributed by atoms with van der Waals surface area (Å²) in [6.45, 7) is 7.99. The zero-order valence-electron chi connectivity index (χ0n) is 10.8. The van der Waals surface area contributed by atoms with Crippen LogP contribution in [0.3, 0.4) is 0 Å². The van der Waals surface area contributed by atoms with Crippen LogP contribution in [0.1, 0.15) is 32.5 Å². The molecule has 0 fully saturated rings. The molecule has 6 nitrogen and oxygen atoms in total. The van der Waals surface area contributed by atoms with E-state index < -0.39 is 6.04 Å². The van der Waals surface area contributed by atoms with Gasteiger partial charge in [0.15, 0.2) is 5.82 Å². The van der Waals surface area contributed by atoms with E-state index in [1.807, 2.05) is 20.8 Å². The summed E-state index contributed by atoms with van der Waals surface area (Å²) in [5.74, 6) is 0.957. The third-order valence-electron chi connectivity index (χ3n) is 2.42. The average molecular weight is 240 g/mol. The van der Waals surface area contributed by atoms with Crippen LogP contribution >= 0.6 is 0 Å². The highest BCUT2D eigenvalue weighted by Gasteiger charge is 2.27. The first-order valence-corrected chi connectivity index (χ1v) is 5.63. The van der Waals surface area contributed by atoms with Crippen molar-refractivity contribution >= 4 is 5.91 Å². The van der Waals surface area contributed by atoms with Crippen molar-refractivity contribution in [2.24, 2.45) is 11.1 Å². The molecular weight excluding hydrogens is 220 g/mol. The van der Waals surface area contributed by atoms with Crippen molar-refractivity contribution in [2.75, 3.05) is 6.54 Å². The predicted octanol–water partition coefficient (Wildman–Crippen LogP) is 0.410. The average Bonchev–Trinajstić information content (AvgIpc) is 2.61. The number of hydrogen-bond donors (Lipinski definition) is 2. The van der Waals surface area contributed by atoms with Crippen LogP contribution in [0.4, 0.5) is 0 Å². The van der Waals surface area contributed by atoms with Crippen molar-refractivity contribution in [3.8, 4) is 0 Å². The van der Waals surface area contributed by atoms with Crippen molar-refractivity contribution in [3.05, 3.63) is 11.7 Å². The van der Waals surface area contributed by atoms with Crippen molar-refractivity contribution in [2.45, 2.75) is 40.2 Å². The summed E-state index contributed by atoms with van der Waals surface area (Å²) < 4.78 is 4.93. The molecular formula is C11H20N4O2. The first kappa shape index (κ1) is 13.6. The molecule has 0 bridgehead atoms. The number of nitrogens with zero attached hydrogens (tertiary/aromatic N) is 2. The maximum atomic E-state index is 11.7. The minimum atomic E-state index is -0.521. The van der Waals surface area contributed by atoms with Gasteiger partial charge in [-0.15, -0.1) is 0 Å². The fourth-order valence-electron chi connectivity index (χ4n) is 1.24. The highest BCUT2D eigenvalue weighted by Crippen LogP contribution is 2.16. The van der Waals surface area contributed by atoms with Gasteiger partial charge in [0.05, 0.1) is 6.04 Å². The van der Waals surface area contributed by atoms with Gasteiger partial charge in [-0.2, -0.15) is 4.98 Å². The van der Waals surface area contributed by atoms with Crippen LogP contribution in [-0.4, -0.2) is 28.6 Å². The number of nitrogens with one attached hydrogen (secondary N) is 1. The molecule has 6 heteroatoms. The lowest BCUT2D eigenvalue weighted by atomic mass is 9.87. The molecule has 0 spiro atoms. The van der Waals surface area contributed by atoms with Crippen molar-refractivity contribution in [1.29, 1.82) is 0 Å². The van der Waals surface area contributed by atoms with E-state index in [2.05, 4.69) is 15.5 Å². The zero-order chi connectivity index (χ0) is 13.1. The van der Waals surface area contributed by atoms with Crippen LogP contribution in [0.5, 0.6) is 0 Å². The minimum absolute atomic E-state index is 0.159. The normalized spacial score (nSPS) is 13.5. The molecule has 17 heavy (non-hydrogen) atoms. The molecule has 1 aromatic heterocycles. The van der Waals surface area contributed by atoms with Gasteiger partial charge in [0.1, 0.15) is 0 Å². The summed E-state index contributed by atoms with van der Waals surface area (Å²) in [5, 5.41) is 6.42. The molecule has 3 N–H and O–H groups in total. The van der Waals surface area contributed by atoms with Crippen molar-refractivity contribution < 1.29 is 9.32 Å². The number of nitrogens with two attached hydrogens (primary N) is 1. The molecule has 0 radical (unpaired) electrons. The number of amides is 1. The number of carbonyl (C=O) groups excluding carboxylic acids is 1. The fourth-order valence-corrected chi connectivity index (χ4v) is 1.24. The van der Waals surface area contributed by atoms with Gasteiger partial charge in [0.2, 0.25) is 11.8 Å². The molecule has 0 aliphatic carbocycles. The summed E-state index contributed by atoms with van der Waals surface area (Å²) in [4.78, 5) is 15.7. The molecule has 1 heterocycles. The van der Waals surface area contributed by atoms with Crippen LogP contribution in [0.15, 0.2) is 4.52 Å². The predicted molar refractivity (Wildman–Crippen MR) is 63.2 cm³/mol. The van der Waals surface area contributed by atoms with Crippen LogP contribution in [0.2, 0.25) is 0 Å². The molecule has 96 valence electrons. The van der Waals surface area contributed by atoms with Gasteiger partial charge in [0, 0.05) is 13.0 Å². The van der Waals surface area contributed by atoms with Gasteiger partial charge >= 0.3 is 0 Å². The zero-order valence-corrected chi connectivity index (χ0v) is 10.8. The van der Waals surface area contributed by atoms with Gasteiger partial charge < -0.3 is 15.6 Å². The Labute approximate surface area is 101 Å². The Morgan fingerprint density at radius 1 is 1.53 bits per heavy atom. The van der Waals surface area contributed by atoms with Crippen LogP contribution in [0, 0.1) is 12.3 Å². The largest absolute Gasteiger partial charge is 0.354 e. The first-order chi connectivity index (χ1) is 7.80. The Hall–Kier alpha value is -1.43. The van der Waals surface area contributed by atoms with E-state index in [9.17, 15) is 4.79 Å². The number of aryl methyl sites for hydroxylation is 1. The standard InChI is InChI=1S/C11H20N4O2/c1-7-14-8(17-15-7)5-6-13-10(16)9(12)11(2,3)4/h9H,5-6,12H2,1-4H3,(H,13,16)/t9-/m1/s1. The molecule has 1 rings (SSSR count). The van der Waals surface area contributed by atoms with E-state index in [1.54, 1.807) is 6.92 Å². The Morgan fingerprint density at radius 2 is 2.18 bits per heavy atom. The van der Waals surface area contributed by atoms with Crippen LogP contribution < -0.4 is 11.1 Å². The Morgan fingerprint density at radius 3 is 2.65 bits per heavy atom. The minimum Gasteiger partial charge on any atom is -0.354 e. The van der Waals surface area contributed by atoms with Crippen molar-refractivity contribution in [1.82, 2.24) is 15.5 Å². The molecule has 1 aromatic rings. The maximum Gasteiger partial charge on any atom is 0.237 e. The first-order valence-electron chi connectivity index (χ1n) is 5.63. The van der Waals surface area contributed by atoms with Gasteiger partial charge in [0.25, 0.3) is 0 Å². The van der Waals surface area contributed by atoms with E-state index in [1.165, 1.54) is 0 Å². The monoisotopic (exact) mass is 240 g/mol. The second kappa shape index (κ2) is 5.27. The fraction of sp³-hybridized carbons (Fsp3) is 0.727. The van der Waals surface area contributed by atoms with E-state index in [4.69, 9.17) is 10.3 Å². The maximum absolute atomic E-state index is 11.7. The van der Waals surface area contributed by atoms with E-state index in [0.717, 1.165) is 0 Å². The van der Waals surface area contributed by atoms with E-state index in [0.29, 0.717) is 24.7 Å². The Bertz CT molecular complexity index is 381. The third kappa shape index (κ3) is 4.14. The van der Waals surface area contributed by atoms with Crippen LogP contribution in [-0.2, 0) is 11.2 Å². The summed E-state index contributed by atoms with van der Waals surface area (Å²) in [6, 6.07) is -0.521. The van der Waals surface area contributed by atoms with Gasteiger partial charge in [-0.25, -0.2) is 0 Å². The lowest BCUT2D eigenvalue weighted by Crippen LogP contribution is -2.49. The summed E-state index contributed by atoms with van der Waals surface area (Å²) in [7, 11) is 0. The molecule has 0 aliphatic rings. The Kier molecular flexibility index (Phi) is 4.22. The number of rotatable bonds is 4. The lowest BCUT2D eigenvalue weighted by Gasteiger charge is -2.25. The van der Waals surface area contributed by atoms with Gasteiger partial charge in [-0.1, -0.05) is 25.9 Å². The van der Waals surface area contributed by atoms with Gasteiger partial charge in [-0.3, -0.25) is 4.79 Å². The van der Waals surface area contributed by atoms with E-state index in [-0.39, 0.29) is 11.3 Å². The van der Waals surface area contributed by atoms with Crippen LogP contribution in [0.25, 0.3) is 0 Å². The lowest BCUT2D eigenvalue weighted by molar-refractivity contribution is -0.124. The number of carbonyl (C=O) groups is 1. The molecule has 0 saturated carbocycles. The van der Waals surface area contributed by atoms with Crippen molar-refractivity contribution in [3.63, 3.8) is 0 Å². The molecule has 0 aromatic carbocycles. The van der Waals surface area contributed by atoms with Gasteiger partial charge in [-0.05, 0) is 12.3 Å². The van der Waals surface area contributed by atoms with E-state index >= 15 is 0 Å². The third-order valence-corrected chi connectivity index (χ3v) is 2.42. The molecule has 0 saturated heterocycles. The summed E-state index contributed by atoms with van der Waals surface area (Å²) >= 11 is 0. The topological polar surface area (TPSA) is 94.0 Å². The molecule has 0 aliphatic heterocycles. The highest BCUT2D eigenvalue weighted by molar-refractivity contribution is 5.82. The quantitative estimate of drug-likeness (QED) is 0.795. The summed E-state index contributed by atoms with van der Waals surface area (Å²) in [6.07, 6.45) is 0.517. The SMILES string of the molecule is Cc1noc(CCNC(=O)[C@@H](N)C(C)(C)C)n1. The molecule has 1 amide bonds. The number of aromatic nitrogens is 2. The number of hydrogen-bond acceptors (Lipinski definition) is 5. The summed E-state index contributed by atoms with van der Waals surface area (Å²) in [5.41, 5.74) is 5.57. The Balaban J connectivity index is 2.34. The molecule has 1 atom stereocenters. The second-order valence-electron chi connectivity index (χ2n) is 5.12. The molecule has 0 unspecified atom stereocenters. The smallest absolute Gasteiger partial charge is 0.237 e. The second-order valence-corrected chi connectivity index (χ2v) is 5.12.